The summed E-state index contributed by atoms with van der Waals surface area (Å²) >= 11 is 1.30. The van der Waals surface area contributed by atoms with Gasteiger partial charge in [-0.05, 0) is 48.4 Å². The van der Waals surface area contributed by atoms with E-state index in [-0.39, 0.29) is 23.4 Å². The van der Waals surface area contributed by atoms with E-state index in [2.05, 4.69) is 10.6 Å². The Hall–Kier alpha value is -3.12. The van der Waals surface area contributed by atoms with Gasteiger partial charge in [-0.2, -0.15) is 0 Å². The number of rotatable bonds is 8. The number of amides is 2. The zero-order valence-electron chi connectivity index (χ0n) is 15.7. The Morgan fingerprint density at radius 1 is 0.862 bits per heavy atom. The Morgan fingerprint density at radius 3 is 2.31 bits per heavy atom. The van der Waals surface area contributed by atoms with Crippen LogP contribution >= 0.6 is 11.8 Å². The molecule has 6 heteroatoms. The Labute approximate surface area is 173 Å². The Balaban J connectivity index is 1.54. The van der Waals surface area contributed by atoms with Gasteiger partial charge in [-0.15, -0.1) is 11.8 Å². The summed E-state index contributed by atoms with van der Waals surface area (Å²) in [5.41, 5.74) is 2.03. The Morgan fingerprint density at radius 2 is 1.55 bits per heavy atom. The molecule has 3 rings (SSSR count). The smallest absolute Gasteiger partial charge is 0.253 e. The summed E-state index contributed by atoms with van der Waals surface area (Å²) in [6.07, 6.45) is 0.732. The van der Waals surface area contributed by atoms with Crippen LogP contribution in [0.15, 0.2) is 83.8 Å². The predicted octanol–water partition coefficient (Wildman–Crippen LogP) is 4.53. The topological polar surface area (TPSA) is 58.2 Å². The van der Waals surface area contributed by atoms with E-state index in [4.69, 9.17) is 0 Å². The molecule has 2 amide bonds. The lowest BCUT2D eigenvalue weighted by molar-refractivity contribution is -0.113. The molecule has 0 saturated carbocycles. The number of benzene rings is 3. The van der Waals surface area contributed by atoms with E-state index in [1.165, 1.54) is 23.9 Å². The van der Waals surface area contributed by atoms with E-state index in [1.54, 1.807) is 36.4 Å². The van der Waals surface area contributed by atoms with Gasteiger partial charge < -0.3 is 10.6 Å². The summed E-state index contributed by atoms with van der Waals surface area (Å²) in [5.74, 6) is -0.617. The van der Waals surface area contributed by atoms with Crippen molar-refractivity contribution in [3.05, 3.63) is 95.8 Å². The van der Waals surface area contributed by atoms with Crippen molar-refractivity contribution >= 4 is 29.3 Å². The number of halogens is 1. The molecule has 3 aromatic rings. The van der Waals surface area contributed by atoms with Crippen LogP contribution in [0, 0.1) is 5.82 Å². The van der Waals surface area contributed by atoms with Gasteiger partial charge in [0.05, 0.1) is 17.0 Å². The maximum absolute atomic E-state index is 13.0. The van der Waals surface area contributed by atoms with E-state index in [0.29, 0.717) is 17.8 Å². The number of carbonyl (C=O) groups is 2. The van der Waals surface area contributed by atoms with Gasteiger partial charge in [0, 0.05) is 11.4 Å². The standard InChI is InChI=1S/C23H21FN2O2S/c24-18-10-12-19(13-11-18)29-16-22(27)26-21-9-5-4-8-20(21)23(28)25-15-14-17-6-2-1-3-7-17/h1-13H,14-16H2,(H,25,28)(H,26,27). The molecule has 0 fully saturated rings. The van der Waals surface area contributed by atoms with E-state index in [1.807, 2.05) is 30.3 Å². The van der Waals surface area contributed by atoms with E-state index in [0.717, 1.165) is 16.9 Å². The molecule has 0 aliphatic heterocycles. The zero-order valence-corrected chi connectivity index (χ0v) is 16.5. The highest BCUT2D eigenvalue weighted by molar-refractivity contribution is 8.00. The maximum Gasteiger partial charge on any atom is 0.253 e. The van der Waals surface area contributed by atoms with Crippen molar-refractivity contribution < 1.29 is 14.0 Å². The normalized spacial score (nSPS) is 10.4. The second kappa shape index (κ2) is 10.4. The van der Waals surface area contributed by atoms with Crippen LogP contribution in [-0.2, 0) is 11.2 Å². The van der Waals surface area contributed by atoms with Crippen LogP contribution in [0.1, 0.15) is 15.9 Å². The number of carbonyl (C=O) groups excluding carboxylic acids is 2. The molecule has 0 aromatic heterocycles. The molecule has 0 bridgehead atoms. The largest absolute Gasteiger partial charge is 0.352 e. The molecule has 0 aliphatic carbocycles. The quantitative estimate of drug-likeness (QED) is 0.539. The highest BCUT2D eigenvalue weighted by atomic mass is 32.2. The van der Waals surface area contributed by atoms with Crippen molar-refractivity contribution in [1.29, 1.82) is 0 Å². The third-order valence-electron chi connectivity index (χ3n) is 4.17. The highest BCUT2D eigenvalue weighted by Crippen LogP contribution is 2.20. The predicted molar refractivity (Wildman–Crippen MR) is 115 cm³/mol. The minimum Gasteiger partial charge on any atom is -0.352 e. The van der Waals surface area contributed by atoms with Crippen molar-refractivity contribution in [2.75, 3.05) is 17.6 Å². The van der Waals surface area contributed by atoms with Crippen molar-refractivity contribution in [2.45, 2.75) is 11.3 Å². The number of para-hydroxylation sites is 1. The van der Waals surface area contributed by atoms with Crippen LogP contribution in [0.2, 0.25) is 0 Å². The first-order valence-corrected chi connectivity index (χ1v) is 10.2. The minimum atomic E-state index is -0.314. The fourth-order valence-corrected chi connectivity index (χ4v) is 3.41. The van der Waals surface area contributed by atoms with E-state index in [9.17, 15) is 14.0 Å². The van der Waals surface area contributed by atoms with E-state index < -0.39 is 0 Å². The van der Waals surface area contributed by atoms with Crippen LogP contribution in [0.25, 0.3) is 0 Å². The second-order valence-electron chi connectivity index (χ2n) is 6.33. The first-order chi connectivity index (χ1) is 14.1. The summed E-state index contributed by atoms with van der Waals surface area (Å²) in [5, 5.41) is 5.68. The molecule has 0 heterocycles. The molecule has 29 heavy (non-hydrogen) atoms. The van der Waals surface area contributed by atoms with Crippen LogP contribution in [0.3, 0.4) is 0 Å². The van der Waals surface area contributed by atoms with Gasteiger partial charge in [-0.25, -0.2) is 4.39 Å². The first kappa shape index (κ1) is 20.6. The fourth-order valence-electron chi connectivity index (χ4n) is 2.72. The van der Waals surface area contributed by atoms with Crippen LogP contribution < -0.4 is 10.6 Å². The summed E-state index contributed by atoms with van der Waals surface area (Å²) in [4.78, 5) is 25.6. The lowest BCUT2D eigenvalue weighted by Crippen LogP contribution is -2.27. The SMILES string of the molecule is O=C(CSc1ccc(F)cc1)Nc1ccccc1C(=O)NCCc1ccccc1. The van der Waals surface area contributed by atoms with Crippen molar-refractivity contribution in [1.82, 2.24) is 5.32 Å². The van der Waals surface area contributed by atoms with Gasteiger partial charge in [0.2, 0.25) is 5.91 Å². The average molecular weight is 408 g/mol. The third kappa shape index (κ3) is 6.47. The molecule has 0 saturated heterocycles. The molecule has 0 unspecified atom stereocenters. The molecular weight excluding hydrogens is 387 g/mol. The maximum atomic E-state index is 13.0. The highest BCUT2D eigenvalue weighted by Gasteiger charge is 2.13. The number of nitrogens with one attached hydrogen (secondary N) is 2. The third-order valence-corrected chi connectivity index (χ3v) is 5.18. The van der Waals surface area contributed by atoms with Gasteiger partial charge in [-0.3, -0.25) is 9.59 Å². The van der Waals surface area contributed by atoms with Gasteiger partial charge in [0.1, 0.15) is 5.82 Å². The fraction of sp³-hybridized carbons (Fsp3) is 0.130. The Kier molecular flexibility index (Phi) is 7.41. The number of hydrogen-bond acceptors (Lipinski definition) is 3. The van der Waals surface area contributed by atoms with Gasteiger partial charge in [-0.1, -0.05) is 42.5 Å². The van der Waals surface area contributed by atoms with Gasteiger partial charge in [0.15, 0.2) is 0 Å². The molecular formula is C23H21FN2O2S. The van der Waals surface area contributed by atoms with Crippen molar-refractivity contribution in [3.8, 4) is 0 Å². The monoisotopic (exact) mass is 408 g/mol. The lowest BCUT2D eigenvalue weighted by atomic mass is 10.1. The van der Waals surface area contributed by atoms with Crippen LogP contribution in [-0.4, -0.2) is 24.1 Å². The number of thioether (sulfide) groups is 1. The molecule has 3 aromatic carbocycles. The zero-order chi connectivity index (χ0) is 20.5. The molecule has 0 spiro atoms. The lowest BCUT2D eigenvalue weighted by Gasteiger charge is -2.11. The van der Waals surface area contributed by atoms with E-state index >= 15 is 0 Å². The average Bonchev–Trinajstić information content (AvgIpc) is 2.74. The van der Waals surface area contributed by atoms with Crippen molar-refractivity contribution in [3.63, 3.8) is 0 Å². The summed E-state index contributed by atoms with van der Waals surface area (Å²) < 4.78 is 13.0. The number of anilines is 1. The second-order valence-corrected chi connectivity index (χ2v) is 7.38. The van der Waals surface area contributed by atoms with Crippen LogP contribution in [0.4, 0.5) is 10.1 Å². The molecule has 4 nitrogen and oxygen atoms in total. The van der Waals surface area contributed by atoms with Crippen LogP contribution in [0.5, 0.6) is 0 Å². The molecule has 148 valence electrons. The summed E-state index contributed by atoms with van der Waals surface area (Å²) in [6.45, 7) is 0.506. The van der Waals surface area contributed by atoms with Gasteiger partial charge >= 0.3 is 0 Å². The van der Waals surface area contributed by atoms with Gasteiger partial charge in [0.25, 0.3) is 5.91 Å². The first-order valence-electron chi connectivity index (χ1n) is 9.21. The summed E-state index contributed by atoms with van der Waals surface area (Å²) in [7, 11) is 0. The number of hydrogen-bond donors (Lipinski definition) is 2. The molecule has 0 radical (unpaired) electrons. The molecule has 2 N–H and O–H groups in total. The van der Waals surface area contributed by atoms with Crippen molar-refractivity contribution in [2.24, 2.45) is 0 Å². The molecule has 0 aliphatic rings. The molecule has 0 atom stereocenters. The Bertz CT molecular complexity index is 962. The summed E-state index contributed by atoms with van der Waals surface area (Å²) in [6, 6.07) is 22.8. The minimum absolute atomic E-state index is 0.162.